The van der Waals surface area contributed by atoms with Gasteiger partial charge in [-0.3, -0.25) is 4.79 Å². The van der Waals surface area contributed by atoms with Gasteiger partial charge in [0.1, 0.15) is 22.5 Å². The van der Waals surface area contributed by atoms with E-state index < -0.39 is 5.63 Å². The summed E-state index contributed by atoms with van der Waals surface area (Å²) in [7, 11) is 2.98. The number of fused-ring (bicyclic) bond motifs is 6. The Morgan fingerprint density at radius 3 is 2.40 bits per heavy atom. The summed E-state index contributed by atoms with van der Waals surface area (Å²) < 4.78 is 28.1. The smallest absolute Gasteiger partial charge is 0.380 e. The molecule has 2 aromatic heterocycles. The van der Waals surface area contributed by atoms with Crippen molar-refractivity contribution in [3.8, 4) is 17.2 Å². The highest BCUT2D eigenvalue weighted by molar-refractivity contribution is 6.06. The van der Waals surface area contributed by atoms with Gasteiger partial charge in [-0.1, -0.05) is 0 Å². The third kappa shape index (κ3) is 2.58. The van der Waals surface area contributed by atoms with Gasteiger partial charge in [0.25, 0.3) is 0 Å². The van der Waals surface area contributed by atoms with E-state index in [0.29, 0.717) is 40.0 Å². The molecule has 4 aromatic rings. The minimum absolute atomic E-state index is 0.120. The topological polar surface area (TPSA) is 88.1 Å². The highest BCUT2D eigenvalue weighted by Gasteiger charge is 2.29. The first-order valence-corrected chi connectivity index (χ1v) is 9.63. The second-order valence-corrected chi connectivity index (χ2v) is 8.01. The summed E-state index contributed by atoms with van der Waals surface area (Å²) in [6, 6.07) is 6.62. The molecule has 0 amide bonds. The summed E-state index contributed by atoms with van der Waals surface area (Å²) in [5.74, 6) is 1.48. The lowest BCUT2D eigenvalue weighted by Gasteiger charge is -2.32. The van der Waals surface area contributed by atoms with Crippen molar-refractivity contribution in [3.63, 3.8) is 0 Å². The molecule has 5 rings (SSSR count). The molecule has 154 valence electrons. The molecule has 3 heterocycles. The molecule has 1 aliphatic heterocycles. The van der Waals surface area contributed by atoms with Gasteiger partial charge >= 0.3 is 5.63 Å². The van der Waals surface area contributed by atoms with Crippen molar-refractivity contribution in [2.24, 2.45) is 0 Å². The lowest BCUT2D eigenvalue weighted by Crippen LogP contribution is -2.32. The Hall–Kier alpha value is -3.48. The Morgan fingerprint density at radius 1 is 0.933 bits per heavy atom. The lowest BCUT2D eigenvalue weighted by atomic mass is 9.93. The highest BCUT2D eigenvalue weighted by Crippen LogP contribution is 2.39. The van der Waals surface area contributed by atoms with Crippen LogP contribution in [0.2, 0.25) is 0 Å². The third-order valence-electron chi connectivity index (χ3n) is 5.63. The lowest BCUT2D eigenvalue weighted by molar-refractivity contribution is 0.0849. The van der Waals surface area contributed by atoms with Crippen LogP contribution < -0.4 is 25.3 Å². The molecule has 0 N–H and O–H groups in total. The summed E-state index contributed by atoms with van der Waals surface area (Å²) in [6.07, 6.45) is 1.45. The van der Waals surface area contributed by atoms with Gasteiger partial charge in [0.05, 0.1) is 25.0 Å². The first-order chi connectivity index (χ1) is 14.3. The number of hydrogen-bond acceptors (Lipinski definition) is 7. The summed E-state index contributed by atoms with van der Waals surface area (Å²) in [5, 5.41) is 0.978. The maximum absolute atomic E-state index is 13.5. The molecule has 7 heteroatoms. The van der Waals surface area contributed by atoms with Gasteiger partial charge in [-0.15, -0.1) is 0 Å². The Kier molecular flexibility index (Phi) is 3.87. The number of methoxy groups -OCH3 is 2. The number of ether oxygens (including phenoxy) is 3. The minimum atomic E-state index is -0.724. The van der Waals surface area contributed by atoms with Gasteiger partial charge in [0.15, 0.2) is 11.5 Å². The molecule has 0 atom stereocenters. The van der Waals surface area contributed by atoms with Crippen LogP contribution in [0.4, 0.5) is 0 Å². The van der Waals surface area contributed by atoms with Crippen LogP contribution in [0.1, 0.15) is 25.8 Å². The fourth-order valence-corrected chi connectivity index (χ4v) is 4.08. The van der Waals surface area contributed by atoms with Crippen LogP contribution >= 0.6 is 0 Å². The van der Waals surface area contributed by atoms with Crippen LogP contribution in [0, 0.1) is 0 Å². The van der Waals surface area contributed by atoms with E-state index in [-0.39, 0.29) is 27.6 Å². The van der Waals surface area contributed by atoms with Crippen molar-refractivity contribution in [3.05, 3.63) is 50.5 Å². The number of aryl methyl sites for hydroxylation is 1. The maximum atomic E-state index is 13.5. The van der Waals surface area contributed by atoms with Gasteiger partial charge in [-0.05, 0) is 44.9 Å². The standard InChI is InChI=1S/C23H20O7/c1-23(2)8-7-11-14(30-23)6-5-12-19(24)18-13-9-16(26-3)17(27-4)10-15(13)28-22(25)21(18)29-20(11)12/h5-6,9-10H,7-8H2,1-4H3. The summed E-state index contributed by atoms with van der Waals surface area (Å²) >= 11 is 0. The normalized spacial score (nSPS) is 15.2. The van der Waals surface area contributed by atoms with Crippen molar-refractivity contribution >= 4 is 32.9 Å². The van der Waals surface area contributed by atoms with Gasteiger partial charge < -0.3 is 23.0 Å². The van der Waals surface area contributed by atoms with Crippen molar-refractivity contribution in [1.29, 1.82) is 0 Å². The molecule has 0 saturated heterocycles. The molecule has 30 heavy (non-hydrogen) atoms. The van der Waals surface area contributed by atoms with E-state index in [2.05, 4.69) is 0 Å². The molecule has 0 spiro atoms. The number of rotatable bonds is 2. The third-order valence-corrected chi connectivity index (χ3v) is 5.63. The zero-order valence-corrected chi connectivity index (χ0v) is 17.1. The van der Waals surface area contributed by atoms with Crippen LogP contribution in [-0.4, -0.2) is 19.8 Å². The van der Waals surface area contributed by atoms with Crippen LogP contribution in [-0.2, 0) is 6.42 Å². The number of hydrogen-bond donors (Lipinski definition) is 0. The first kappa shape index (κ1) is 18.5. The van der Waals surface area contributed by atoms with Gasteiger partial charge in [0.2, 0.25) is 11.0 Å². The van der Waals surface area contributed by atoms with E-state index in [9.17, 15) is 9.59 Å². The monoisotopic (exact) mass is 408 g/mol. The molecule has 2 aromatic carbocycles. The quantitative estimate of drug-likeness (QED) is 0.279. The van der Waals surface area contributed by atoms with Gasteiger partial charge in [-0.2, -0.15) is 0 Å². The molecule has 0 saturated carbocycles. The summed E-state index contributed by atoms with van der Waals surface area (Å²) in [6.45, 7) is 4.03. The Balaban J connectivity index is 1.92. The van der Waals surface area contributed by atoms with E-state index in [1.54, 1.807) is 18.2 Å². The van der Waals surface area contributed by atoms with E-state index in [0.717, 1.165) is 12.0 Å². The fraction of sp³-hybridized carbons (Fsp3) is 0.304. The second kappa shape index (κ2) is 6.26. The SMILES string of the molecule is COc1cc2oc(=O)c3oc4c5c(ccc4c(=O)c3c2cc1OC)OC(C)(C)CC5. The molecule has 0 fully saturated rings. The van der Waals surface area contributed by atoms with E-state index in [4.69, 9.17) is 23.0 Å². The Labute approximate surface area is 170 Å². The molecular formula is C23H20O7. The minimum Gasteiger partial charge on any atom is -0.493 e. The zero-order valence-electron chi connectivity index (χ0n) is 17.1. The highest BCUT2D eigenvalue weighted by atomic mass is 16.5. The average Bonchev–Trinajstić information content (AvgIpc) is 2.72. The van der Waals surface area contributed by atoms with Crippen molar-refractivity contribution < 1.29 is 23.0 Å². The average molecular weight is 408 g/mol. The van der Waals surface area contributed by atoms with Crippen molar-refractivity contribution in [1.82, 2.24) is 0 Å². The Morgan fingerprint density at radius 2 is 1.67 bits per heavy atom. The Bertz CT molecular complexity index is 1460. The van der Waals surface area contributed by atoms with Crippen LogP contribution in [0.15, 0.2) is 42.7 Å². The predicted molar refractivity (Wildman–Crippen MR) is 112 cm³/mol. The molecule has 7 nitrogen and oxygen atoms in total. The van der Waals surface area contributed by atoms with E-state index in [1.807, 2.05) is 13.8 Å². The maximum Gasteiger partial charge on any atom is 0.380 e. The first-order valence-electron chi connectivity index (χ1n) is 9.63. The molecule has 0 bridgehead atoms. The van der Waals surface area contributed by atoms with Gasteiger partial charge in [-0.25, -0.2) is 4.79 Å². The molecule has 0 radical (unpaired) electrons. The van der Waals surface area contributed by atoms with Gasteiger partial charge in [0, 0.05) is 17.0 Å². The number of benzene rings is 2. The molecule has 1 aliphatic rings. The largest absolute Gasteiger partial charge is 0.493 e. The van der Waals surface area contributed by atoms with Crippen molar-refractivity contribution in [2.45, 2.75) is 32.3 Å². The summed E-state index contributed by atoms with van der Waals surface area (Å²) in [5.41, 5.74) is -0.0687. The molecule has 0 aliphatic carbocycles. The van der Waals surface area contributed by atoms with Crippen LogP contribution in [0.5, 0.6) is 17.2 Å². The van der Waals surface area contributed by atoms with E-state index >= 15 is 0 Å². The van der Waals surface area contributed by atoms with Crippen LogP contribution in [0.3, 0.4) is 0 Å². The fourth-order valence-electron chi connectivity index (χ4n) is 4.08. The van der Waals surface area contributed by atoms with E-state index in [1.165, 1.54) is 20.3 Å². The molecular weight excluding hydrogens is 388 g/mol. The zero-order chi connectivity index (χ0) is 21.2. The molecule has 0 unspecified atom stereocenters. The summed E-state index contributed by atoms with van der Waals surface area (Å²) in [4.78, 5) is 26.2. The van der Waals surface area contributed by atoms with Crippen molar-refractivity contribution in [2.75, 3.05) is 14.2 Å². The van der Waals surface area contributed by atoms with Crippen LogP contribution in [0.25, 0.3) is 32.9 Å². The second-order valence-electron chi connectivity index (χ2n) is 8.01. The predicted octanol–water partition coefficient (Wildman–Crippen LogP) is 4.17.